The van der Waals surface area contributed by atoms with E-state index in [4.69, 9.17) is 4.74 Å². The number of hydrogen-bond donors (Lipinski definition) is 1. The molecule has 0 radical (unpaired) electrons. The van der Waals surface area contributed by atoms with Gasteiger partial charge in [-0.25, -0.2) is 0 Å². The van der Waals surface area contributed by atoms with Crippen LogP contribution in [-0.2, 0) is 13.0 Å². The molecule has 1 amide bonds. The Morgan fingerprint density at radius 2 is 1.85 bits per heavy atom. The number of carbonyl (C=O) groups excluding carboxylic acids is 1. The van der Waals surface area contributed by atoms with Gasteiger partial charge in [0.25, 0.3) is 5.91 Å². The van der Waals surface area contributed by atoms with Gasteiger partial charge in [-0.05, 0) is 61.6 Å². The average molecular weight is 353 g/mol. The van der Waals surface area contributed by atoms with E-state index >= 15 is 0 Å². The van der Waals surface area contributed by atoms with Gasteiger partial charge in [0.2, 0.25) is 0 Å². The number of rotatable bonds is 6. The van der Waals surface area contributed by atoms with E-state index in [0.717, 1.165) is 50.2 Å². The minimum Gasteiger partial charge on any atom is -0.497 e. The summed E-state index contributed by atoms with van der Waals surface area (Å²) in [7, 11) is 3.58. The largest absolute Gasteiger partial charge is 0.497 e. The van der Waals surface area contributed by atoms with Gasteiger partial charge in [0.05, 0.1) is 7.11 Å². The molecule has 1 aliphatic rings. The number of ether oxygens (including phenoxy) is 1. The highest BCUT2D eigenvalue weighted by Gasteiger charge is 2.24. The second-order valence-electron chi connectivity index (χ2n) is 6.87. The average Bonchev–Trinajstić information content (AvgIpc) is 2.69. The predicted octanol–water partition coefficient (Wildman–Crippen LogP) is 2.90. The maximum Gasteiger partial charge on any atom is 0.272 e. The molecule has 1 fully saturated rings. The molecule has 0 bridgehead atoms. The fourth-order valence-electron chi connectivity index (χ4n) is 3.46. The molecule has 0 saturated carbocycles. The Kier molecular flexibility index (Phi) is 6.23. The molecule has 1 N–H and O–H groups in total. The molecule has 5 heteroatoms. The maximum atomic E-state index is 12.6. The Labute approximate surface area is 155 Å². The lowest BCUT2D eigenvalue weighted by Crippen LogP contribution is -2.39. The number of nitrogens with one attached hydrogen (secondary N) is 1. The summed E-state index contributed by atoms with van der Waals surface area (Å²) in [6.07, 6.45) is 4.91. The van der Waals surface area contributed by atoms with E-state index in [9.17, 15) is 4.79 Å². The second-order valence-corrected chi connectivity index (χ2v) is 6.87. The minimum absolute atomic E-state index is 0.0453. The molecule has 1 aromatic heterocycles. The summed E-state index contributed by atoms with van der Waals surface area (Å²) in [6.45, 7) is 2.37. The zero-order valence-electron chi connectivity index (χ0n) is 15.6. The first kappa shape index (κ1) is 18.4. The van der Waals surface area contributed by atoms with Crippen molar-refractivity contribution in [2.24, 2.45) is 5.92 Å². The zero-order valence-corrected chi connectivity index (χ0v) is 15.6. The monoisotopic (exact) mass is 353 g/mol. The number of methoxy groups -OCH3 is 1. The van der Waals surface area contributed by atoms with Gasteiger partial charge in [-0.2, -0.15) is 0 Å². The molecular weight excluding hydrogens is 326 g/mol. The number of hydrogen-bond acceptors (Lipinski definition) is 4. The molecule has 1 aromatic carbocycles. The zero-order chi connectivity index (χ0) is 18.4. The first-order valence-electron chi connectivity index (χ1n) is 9.21. The van der Waals surface area contributed by atoms with Crippen molar-refractivity contribution in [3.8, 4) is 5.75 Å². The molecule has 2 heterocycles. The van der Waals surface area contributed by atoms with Crippen LogP contribution in [0.25, 0.3) is 0 Å². The van der Waals surface area contributed by atoms with Crippen molar-refractivity contribution < 1.29 is 9.53 Å². The molecule has 0 atom stereocenters. The third-order valence-electron chi connectivity index (χ3n) is 5.01. The maximum absolute atomic E-state index is 12.6. The topological polar surface area (TPSA) is 54.5 Å². The lowest BCUT2D eigenvalue weighted by molar-refractivity contribution is 0.0684. The van der Waals surface area contributed by atoms with Crippen LogP contribution in [-0.4, -0.2) is 43.0 Å². The van der Waals surface area contributed by atoms with Crippen molar-refractivity contribution in [3.63, 3.8) is 0 Å². The van der Waals surface area contributed by atoms with Crippen LogP contribution >= 0.6 is 0 Å². The van der Waals surface area contributed by atoms with Crippen LogP contribution < -0.4 is 10.1 Å². The summed E-state index contributed by atoms with van der Waals surface area (Å²) >= 11 is 0. The summed E-state index contributed by atoms with van der Waals surface area (Å²) in [6, 6.07) is 12.1. The quantitative estimate of drug-likeness (QED) is 0.868. The lowest BCUT2D eigenvalue weighted by atomic mass is 9.90. The van der Waals surface area contributed by atoms with E-state index in [2.05, 4.69) is 22.4 Å². The first-order chi connectivity index (χ1) is 12.7. The van der Waals surface area contributed by atoms with Crippen molar-refractivity contribution in [3.05, 3.63) is 59.4 Å². The third-order valence-corrected chi connectivity index (χ3v) is 5.01. The van der Waals surface area contributed by atoms with E-state index in [-0.39, 0.29) is 5.91 Å². The number of amides is 1. The van der Waals surface area contributed by atoms with Crippen molar-refractivity contribution in [1.82, 2.24) is 15.2 Å². The molecule has 5 nitrogen and oxygen atoms in total. The number of likely N-dealkylation sites (tertiary alicyclic amines) is 1. The SMILES string of the molecule is CNCc1ccc(C(=O)N2CCC(Cc3ccc(OC)cc3)CC2)nc1. The van der Waals surface area contributed by atoms with Crippen molar-refractivity contribution in [2.75, 3.05) is 27.2 Å². The Morgan fingerprint density at radius 3 is 2.42 bits per heavy atom. The normalized spacial score (nSPS) is 15.1. The molecule has 138 valence electrons. The number of aromatic nitrogens is 1. The van der Waals surface area contributed by atoms with Crippen LogP contribution in [0.15, 0.2) is 42.6 Å². The lowest BCUT2D eigenvalue weighted by Gasteiger charge is -2.32. The smallest absolute Gasteiger partial charge is 0.272 e. The van der Waals surface area contributed by atoms with Crippen molar-refractivity contribution in [2.45, 2.75) is 25.8 Å². The fraction of sp³-hybridized carbons (Fsp3) is 0.429. The molecule has 0 unspecified atom stereocenters. The summed E-state index contributed by atoms with van der Waals surface area (Å²) in [4.78, 5) is 18.9. The van der Waals surface area contributed by atoms with Gasteiger partial charge >= 0.3 is 0 Å². The number of piperidine rings is 1. The Balaban J connectivity index is 1.51. The Morgan fingerprint density at radius 1 is 1.15 bits per heavy atom. The van der Waals surface area contributed by atoms with E-state index in [0.29, 0.717) is 11.6 Å². The highest BCUT2D eigenvalue weighted by Crippen LogP contribution is 2.23. The highest BCUT2D eigenvalue weighted by molar-refractivity contribution is 5.92. The van der Waals surface area contributed by atoms with Crippen molar-refractivity contribution >= 4 is 5.91 Å². The van der Waals surface area contributed by atoms with Crippen LogP contribution in [0.5, 0.6) is 5.75 Å². The standard InChI is InChI=1S/C21H27N3O2/c1-22-14-18-5-8-20(23-15-18)21(25)24-11-9-17(10-12-24)13-16-3-6-19(26-2)7-4-16/h3-8,15,17,22H,9-14H2,1-2H3. The number of pyridine rings is 1. The minimum atomic E-state index is 0.0453. The molecule has 1 aliphatic heterocycles. The summed E-state index contributed by atoms with van der Waals surface area (Å²) in [5, 5.41) is 3.08. The van der Waals surface area contributed by atoms with Crippen molar-refractivity contribution in [1.29, 1.82) is 0 Å². The van der Waals surface area contributed by atoms with Gasteiger partial charge in [0.15, 0.2) is 0 Å². The van der Waals surface area contributed by atoms with Gasteiger partial charge in [-0.1, -0.05) is 18.2 Å². The fourth-order valence-corrected chi connectivity index (χ4v) is 3.46. The van der Waals surface area contributed by atoms with Crippen LogP contribution in [0.2, 0.25) is 0 Å². The van der Waals surface area contributed by atoms with E-state index in [1.54, 1.807) is 13.3 Å². The summed E-state index contributed by atoms with van der Waals surface area (Å²) in [5.74, 6) is 1.56. The number of carbonyl (C=O) groups is 1. The van der Waals surface area contributed by atoms with Crippen LogP contribution in [0.3, 0.4) is 0 Å². The van der Waals surface area contributed by atoms with Gasteiger partial charge < -0.3 is 15.0 Å². The van der Waals surface area contributed by atoms with Gasteiger partial charge in [0, 0.05) is 25.8 Å². The van der Waals surface area contributed by atoms with E-state index in [1.807, 2.05) is 36.2 Å². The molecular formula is C21H27N3O2. The van der Waals surface area contributed by atoms with E-state index < -0.39 is 0 Å². The van der Waals surface area contributed by atoms with Crippen LogP contribution in [0.4, 0.5) is 0 Å². The van der Waals surface area contributed by atoms with Gasteiger partial charge in [0.1, 0.15) is 11.4 Å². The molecule has 26 heavy (non-hydrogen) atoms. The molecule has 0 aliphatic carbocycles. The third kappa shape index (κ3) is 4.61. The summed E-state index contributed by atoms with van der Waals surface area (Å²) in [5.41, 5.74) is 2.96. The van der Waals surface area contributed by atoms with Gasteiger partial charge in [-0.15, -0.1) is 0 Å². The Bertz CT molecular complexity index is 705. The highest BCUT2D eigenvalue weighted by atomic mass is 16.5. The second kappa shape index (κ2) is 8.81. The molecule has 1 saturated heterocycles. The van der Waals surface area contributed by atoms with Crippen LogP contribution in [0.1, 0.15) is 34.5 Å². The van der Waals surface area contributed by atoms with Crippen LogP contribution in [0, 0.1) is 5.92 Å². The molecule has 3 rings (SSSR count). The Hall–Kier alpha value is -2.40. The predicted molar refractivity (Wildman–Crippen MR) is 102 cm³/mol. The first-order valence-corrected chi connectivity index (χ1v) is 9.21. The molecule has 2 aromatic rings. The van der Waals surface area contributed by atoms with E-state index in [1.165, 1.54) is 5.56 Å². The number of benzene rings is 1. The van der Waals surface area contributed by atoms with Gasteiger partial charge in [-0.3, -0.25) is 9.78 Å². The molecule has 0 spiro atoms. The number of nitrogens with zero attached hydrogens (tertiary/aromatic N) is 2. The summed E-state index contributed by atoms with van der Waals surface area (Å²) < 4.78 is 5.21.